The molecule has 160 valence electrons. The maximum absolute atomic E-state index is 13.4. The second-order valence-corrected chi connectivity index (χ2v) is 9.30. The summed E-state index contributed by atoms with van der Waals surface area (Å²) in [6.07, 6.45) is 4.86. The van der Waals surface area contributed by atoms with Crippen LogP contribution in [0.4, 0.5) is 4.79 Å². The molecule has 5 rings (SSSR count). The first-order valence-electron chi connectivity index (χ1n) is 11.3. The van der Waals surface area contributed by atoms with E-state index in [1.165, 1.54) is 10.5 Å². The molecule has 1 spiro atoms. The standard InChI is InChI=1S/C23H30N4O3/c28-20(18-8-9-18)26-12-4-7-19(16-26)27-21(29)23(24-22(27)30)10-13-25(14-11-23)15-17-5-2-1-3-6-17/h1-3,5-6,18-19H,4,7-16H2,(H,24,30)/t19-/m1/s1. The molecule has 7 nitrogen and oxygen atoms in total. The van der Waals surface area contributed by atoms with Crippen LogP contribution in [0, 0.1) is 5.92 Å². The summed E-state index contributed by atoms with van der Waals surface area (Å²) in [6.45, 7) is 3.67. The second-order valence-electron chi connectivity index (χ2n) is 9.30. The van der Waals surface area contributed by atoms with Gasteiger partial charge in [-0.25, -0.2) is 4.79 Å². The molecule has 1 saturated carbocycles. The largest absolute Gasteiger partial charge is 0.340 e. The Morgan fingerprint density at radius 3 is 2.47 bits per heavy atom. The average molecular weight is 411 g/mol. The molecule has 1 aliphatic carbocycles. The Hall–Kier alpha value is -2.41. The molecule has 3 aliphatic heterocycles. The monoisotopic (exact) mass is 410 g/mol. The number of hydrogen-bond donors (Lipinski definition) is 1. The topological polar surface area (TPSA) is 73.0 Å². The first-order valence-corrected chi connectivity index (χ1v) is 11.3. The second kappa shape index (κ2) is 7.69. The van der Waals surface area contributed by atoms with Crippen molar-refractivity contribution in [2.75, 3.05) is 26.2 Å². The van der Waals surface area contributed by atoms with Gasteiger partial charge in [-0.3, -0.25) is 19.4 Å². The summed E-state index contributed by atoms with van der Waals surface area (Å²) in [5, 5.41) is 3.04. The Labute approximate surface area is 177 Å². The lowest BCUT2D eigenvalue weighted by Gasteiger charge is -2.39. The zero-order chi connectivity index (χ0) is 20.7. The first kappa shape index (κ1) is 19.5. The third-order valence-corrected chi connectivity index (χ3v) is 7.15. The fourth-order valence-corrected chi connectivity index (χ4v) is 5.20. The predicted octanol–water partition coefficient (Wildman–Crippen LogP) is 1.97. The molecule has 1 aromatic carbocycles. The van der Waals surface area contributed by atoms with E-state index in [4.69, 9.17) is 0 Å². The van der Waals surface area contributed by atoms with Crippen LogP contribution >= 0.6 is 0 Å². The molecule has 4 aliphatic rings. The fraction of sp³-hybridized carbons (Fsp3) is 0.609. The van der Waals surface area contributed by atoms with E-state index >= 15 is 0 Å². The van der Waals surface area contributed by atoms with Gasteiger partial charge in [0.15, 0.2) is 0 Å². The predicted molar refractivity (Wildman–Crippen MR) is 111 cm³/mol. The minimum absolute atomic E-state index is 0.0856. The highest BCUT2D eigenvalue weighted by Crippen LogP contribution is 2.35. The lowest BCUT2D eigenvalue weighted by atomic mass is 9.87. The van der Waals surface area contributed by atoms with Crippen molar-refractivity contribution >= 4 is 17.8 Å². The summed E-state index contributed by atoms with van der Waals surface area (Å²) in [5.41, 5.74) is 0.493. The highest BCUT2D eigenvalue weighted by molar-refractivity contribution is 6.07. The Balaban J connectivity index is 1.23. The van der Waals surface area contributed by atoms with Gasteiger partial charge in [0.05, 0.1) is 6.04 Å². The summed E-state index contributed by atoms with van der Waals surface area (Å²) in [6, 6.07) is 9.86. The minimum Gasteiger partial charge on any atom is -0.340 e. The van der Waals surface area contributed by atoms with Crippen LogP contribution in [0.15, 0.2) is 30.3 Å². The van der Waals surface area contributed by atoms with Crippen LogP contribution in [-0.2, 0) is 16.1 Å². The summed E-state index contributed by atoms with van der Waals surface area (Å²) < 4.78 is 0. The van der Waals surface area contributed by atoms with Crippen molar-refractivity contribution in [2.24, 2.45) is 5.92 Å². The van der Waals surface area contributed by atoms with E-state index in [1.54, 1.807) is 0 Å². The molecule has 1 N–H and O–H groups in total. The molecule has 30 heavy (non-hydrogen) atoms. The lowest BCUT2D eigenvalue weighted by Crippen LogP contribution is -2.56. The van der Waals surface area contributed by atoms with Crippen molar-refractivity contribution in [1.29, 1.82) is 0 Å². The van der Waals surface area contributed by atoms with Gasteiger partial charge in [0.1, 0.15) is 5.54 Å². The van der Waals surface area contributed by atoms with E-state index in [9.17, 15) is 14.4 Å². The average Bonchev–Trinajstić information content (AvgIpc) is 3.58. The number of carbonyl (C=O) groups excluding carboxylic acids is 3. The van der Waals surface area contributed by atoms with Gasteiger partial charge in [-0.1, -0.05) is 30.3 Å². The zero-order valence-electron chi connectivity index (χ0n) is 17.4. The van der Waals surface area contributed by atoms with Gasteiger partial charge in [-0.15, -0.1) is 0 Å². The SMILES string of the molecule is O=C(C1CC1)N1CCC[C@@H](N2C(=O)NC3(CCN(Cc4ccccc4)CC3)C2=O)C1. The molecular weight excluding hydrogens is 380 g/mol. The molecule has 4 fully saturated rings. The van der Waals surface area contributed by atoms with Crippen molar-refractivity contribution < 1.29 is 14.4 Å². The van der Waals surface area contributed by atoms with Crippen molar-refractivity contribution in [3.05, 3.63) is 35.9 Å². The molecular formula is C23H30N4O3. The van der Waals surface area contributed by atoms with Gasteiger partial charge in [0.2, 0.25) is 5.91 Å². The molecule has 3 saturated heterocycles. The summed E-state index contributed by atoms with van der Waals surface area (Å²) >= 11 is 0. The lowest BCUT2D eigenvalue weighted by molar-refractivity contribution is -0.139. The fourth-order valence-electron chi connectivity index (χ4n) is 5.20. The number of hydrogen-bond acceptors (Lipinski definition) is 4. The van der Waals surface area contributed by atoms with Crippen molar-refractivity contribution in [1.82, 2.24) is 20.0 Å². The Kier molecular flexibility index (Phi) is 5.01. The first-order chi connectivity index (χ1) is 14.6. The van der Waals surface area contributed by atoms with Gasteiger partial charge >= 0.3 is 6.03 Å². The van der Waals surface area contributed by atoms with E-state index in [-0.39, 0.29) is 29.8 Å². The summed E-state index contributed by atoms with van der Waals surface area (Å²) in [4.78, 5) is 44.4. The molecule has 0 bridgehead atoms. The van der Waals surface area contributed by atoms with Crippen LogP contribution in [0.5, 0.6) is 0 Å². The van der Waals surface area contributed by atoms with Gasteiger partial charge in [-0.05, 0) is 44.1 Å². The highest BCUT2D eigenvalue weighted by atomic mass is 16.2. The van der Waals surface area contributed by atoms with Crippen LogP contribution in [0.2, 0.25) is 0 Å². The van der Waals surface area contributed by atoms with Gasteiger partial charge < -0.3 is 10.2 Å². The van der Waals surface area contributed by atoms with Gasteiger partial charge in [0, 0.05) is 38.6 Å². The summed E-state index contributed by atoms with van der Waals surface area (Å²) in [5.74, 6) is 0.292. The Morgan fingerprint density at radius 1 is 1.03 bits per heavy atom. The molecule has 1 aromatic rings. The molecule has 7 heteroatoms. The molecule has 0 unspecified atom stereocenters. The Bertz CT molecular complexity index is 830. The smallest absolute Gasteiger partial charge is 0.325 e. The number of carbonyl (C=O) groups is 3. The molecule has 4 amide bonds. The zero-order valence-corrected chi connectivity index (χ0v) is 17.4. The minimum atomic E-state index is -0.771. The van der Waals surface area contributed by atoms with E-state index in [0.717, 1.165) is 51.9 Å². The molecule has 0 aromatic heterocycles. The van der Waals surface area contributed by atoms with E-state index in [1.807, 2.05) is 23.1 Å². The number of piperidine rings is 2. The van der Waals surface area contributed by atoms with Crippen LogP contribution in [0.1, 0.15) is 44.1 Å². The van der Waals surface area contributed by atoms with E-state index < -0.39 is 5.54 Å². The number of benzene rings is 1. The Morgan fingerprint density at radius 2 is 1.77 bits per heavy atom. The molecule has 3 heterocycles. The number of rotatable bonds is 4. The van der Waals surface area contributed by atoms with E-state index in [0.29, 0.717) is 19.4 Å². The number of imide groups is 1. The van der Waals surface area contributed by atoms with Crippen LogP contribution in [-0.4, -0.2) is 70.3 Å². The number of nitrogens with one attached hydrogen (secondary N) is 1. The maximum atomic E-state index is 13.4. The number of amides is 4. The molecule has 0 radical (unpaired) electrons. The summed E-state index contributed by atoms with van der Waals surface area (Å²) in [7, 11) is 0. The van der Waals surface area contributed by atoms with Crippen LogP contribution in [0.3, 0.4) is 0 Å². The number of nitrogens with zero attached hydrogens (tertiary/aromatic N) is 3. The third kappa shape index (κ3) is 3.60. The highest BCUT2D eigenvalue weighted by Gasteiger charge is 2.54. The number of likely N-dealkylation sites (tertiary alicyclic amines) is 2. The number of urea groups is 1. The third-order valence-electron chi connectivity index (χ3n) is 7.15. The quantitative estimate of drug-likeness (QED) is 0.771. The van der Waals surface area contributed by atoms with Crippen molar-refractivity contribution in [2.45, 2.75) is 56.7 Å². The van der Waals surface area contributed by atoms with Crippen molar-refractivity contribution in [3.63, 3.8) is 0 Å². The van der Waals surface area contributed by atoms with Gasteiger partial charge in [-0.2, -0.15) is 0 Å². The van der Waals surface area contributed by atoms with Crippen LogP contribution < -0.4 is 5.32 Å². The van der Waals surface area contributed by atoms with Crippen LogP contribution in [0.25, 0.3) is 0 Å². The maximum Gasteiger partial charge on any atom is 0.325 e. The van der Waals surface area contributed by atoms with E-state index in [2.05, 4.69) is 22.3 Å². The van der Waals surface area contributed by atoms with Crippen molar-refractivity contribution in [3.8, 4) is 0 Å². The normalized spacial score (nSPS) is 26.9. The van der Waals surface area contributed by atoms with Gasteiger partial charge in [0.25, 0.3) is 5.91 Å². The molecule has 1 atom stereocenters.